The van der Waals surface area contributed by atoms with Gasteiger partial charge in [0.1, 0.15) is 9.71 Å². The third kappa shape index (κ3) is 2.70. The van der Waals surface area contributed by atoms with Crippen LogP contribution in [-0.2, 0) is 6.54 Å². The average molecular weight is 302 g/mol. The van der Waals surface area contributed by atoms with Crippen molar-refractivity contribution in [2.45, 2.75) is 13.5 Å². The molecule has 0 unspecified atom stereocenters. The Morgan fingerprint density at radius 3 is 3.10 bits per heavy atom. The summed E-state index contributed by atoms with van der Waals surface area (Å²) in [5.41, 5.74) is 7.54. The molecule has 0 aliphatic heterocycles. The summed E-state index contributed by atoms with van der Waals surface area (Å²) >= 11 is 1.25. The maximum Gasteiger partial charge on any atom is 0.263 e. The van der Waals surface area contributed by atoms with Gasteiger partial charge in [-0.15, -0.1) is 16.4 Å². The van der Waals surface area contributed by atoms with Crippen LogP contribution in [0.1, 0.15) is 15.2 Å². The maximum atomic E-state index is 12.2. The standard InChI is InChI=1S/C13H14N6OS/c1-8-6-17-19(7-8)5-4-15-12(20)11-10(14)9-2-3-16-18-13(9)21-11/h2-3,6-7H,4-5,14H2,1H3,(H,15,20). The van der Waals surface area contributed by atoms with Crippen molar-refractivity contribution in [1.82, 2.24) is 25.3 Å². The summed E-state index contributed by atoms with van der Waals surface area (Å²) in [7, 11) is 0. The highest BCUT2D eigenvalue weighted by molar-refractivity contribution is 7.21. The molecule has 21 heavy (non-hydrogen) atoms. The van der Waals surface area contributed by atoms with Crippen LogP contribution < -0.4 is 11.1 Å². The smallest absolute Gasteiger partial charge is 0.263 e. The van der Waals surface area contributed by atoms with E-state index < -0.39 is 0 Å². The van der Waals surface area contributed by atoms with Crippen LogP contribution in [0.3, 0.4) is 0 Å². The highest BCUT2D eigenvalue weighted by Crippen LogP contribution is 2.31. The van der Waals surface area contributed by atoms with Gasteiger partial charge >= 0.3 is 0 Å². The number of nitrogens with two attached hydrogens (primary N) is 1. The van der Waals surface area contributed by atoms with Crippen molar-refractivity contribution in [2.24, 2.45) is 0 Å². The second-order valence-electron chi connectivity index (χ2n) is 4.63. The molecular weight excluding hydrogens is 288 g/mol. The fraction of sp³-hybridized carbons (Fsp3) is 0.231. The van der Waals surface area contributed by atoms with Gasteiger partial charge in [-0.2, -0.15) is 10.2 Å². The molecule has 0 spiro atoms. The first-order valence-electron chi connectivity index (χ1n) is 6.42. The van der Waals surface area contributed by atoms with E-state index in [1.807, 2.05) is 13.1 Å². The van der Waals surface area contributed by atoms with E-state index in [0.29, 0.717) is 28.5 Å². The third-order valence-corrected chi connectivity index (χ3v) is 4.12. The molecule has 0 saturated carbocycles. The van der Waals surface area contributed by atoms with E-state index in [0.717, 1.165) is 10.9 Å². The molecule has 0 radical (unpaired) electrons. The van der Waals surface area contributed by atoms with Gasteiger partial charge in [0.2, 0.25) is 0 Å². The van der Waals surface area contributed by atoms with E-state index in [1.165, 1.54) is 11.3 Å². The second kappa shape index (κ2) is 5.49. The predicted octanol–water partition coefficient (Wildman–Crippen LogP) is 1.21. The molecule has 3 aromatic rings. The fourth-order valence-corrected chi connectivity index (χ4v) is 2.95. The van der Waals surface area contributed by atoms with Crippen LogP contribution >= 0.6 is 11.3 Å². The lowest BCUT2D eigenvalue weighted by atomic mass is 10.3. The summed E-state index contributed by atoms with van der Waals surface area (Å²) in [6.07, 6.45) is 5.27. The highest BCUT2D eigenvalue weighted by atomic mass is 32.1. The van der Waals surface area contributed by atoms with Crippen LogP contribution in [-0.4, -0.2) is 32.4 Å². The summed E-state index contributed by atoms with van der Waals surface area (Å²) in [6, 6.07) is 1.76. The molecule has 0 bridgehead atoms. The lowest BCUT2D eigenvalue weighted by molar-refractivity contribution is 0.0957. The zero-order chi connectivity index (χ0) is 14.8. The van der Waals surface area contributed by atoms with Gasteiger partial charge in [-0.3, -0.25) is 9.48 Å². The van der Waals surface area contributed by atoms with Gasteiger partial charge in [-0.25, -0.2) is 0 Å². The first-order chi connectivity index (χ1) is 10.1. The van der Waals surface area contributed by atoms with E-state index in [-0.39, 0.29) is 5.91 Å². The van der Waals surface area contributed by atoms with E-state index in [1.54, 1.807) is 23.1 Å². The van der Waals surface area contributed by atoms with Crippen molar-refractivity contribution in [1.29, 1.82) is 0 Å². The fourth-order valence-electron chi connectivity index (χ4n) is 2.00. The zero-order valence-corrected chi connectivity index (χ0v) is 12.2. The maximum absolute atomic E-state index is 12.2. The normalized spacial score (nSPS) is 10.9. The first kappa shape index (κ1) is 13.5. The molecule has 8 heteroatoms. The number of thiophene rings is 1. The Morgan fingerprint density at radius 2 is 2.38 bits per heavy atom. The summed E-state index contributed by atoms with van der Waals surface area (Å²) in [4.78, 5) is 13.3. The van der Waals surface area contributed by atoms with E-state index in [9.17, 15) is 4.79 Å². The molecule has 0 saturated heterocycles. The first-order valence-corrected chi connectivity index (χ1v) is 7.23. The van der Waals surface area contributed by atoms with Crippen LogP contribution in [0.25, 0.3) is 10.2 Å². The minimum absolute atomic E-state index is 0.195. The minimum atomic E-state index is -0.195. The van der Waals surface area contributed by atoms with Crippen molar-refractivity contribution in [2.75, 3.05) is 12.3 Å². The van der Waals surface area contributed by atoms with Crippen LogP contribution in [0.15, 0.2) is 24.7 Å². The zero-order valence-electron chi connectivity index (χ0n) is 11.4. The summed E-state index contributed by atoms with van der Waals surface area (Å²) in [6.45, 7) is 3.07. The van der Waals surface area contributed by atoms with Crippen LogP contribution in [0.2, 0.25) is 0 Å². The monoisotopic (exact) mass is 302 g/mol. The largest absolute Gasteiger partial charge is 0.397 e. The quantitative estimate of drug-likeness (QED) is 0.754. The number of rotatable bonds is 4. The van der Waals surface area contributed by atoms with Crippen LogP contribution in [0, 0.1) is 6.92 Å². The Kier molecular flexibility index (Phi) is 3.53. The molecule has 3 heterocycles. The van der Waals surface area contributed by atoms with E-state index >= 15 is 0 Å². The van der Waals surface area contributed by atoms with E-state index in [4.69, 9.17) is 5.73 Å². The molecular formula is C13H14N6OS. The number of carbonyl (C=O) groups is 1. The Balaban J connectivity index is 1.68. The molecule has 7 nitrogen and oxygen atoms in total. The number of nitrogens with one attached hydrogen (secondary N) is 1. The molecule has 0 aromatic carbocycles. The van der Waals surface area contributed by atoms with Crippen molar-refractivity contribution in [3.8, 4) is 0 Å². The third-order valence-electron chi connectivity index (χ3n) is 3.02. The molecule has 3 aromatic heterocycles. The molecule has 0 fully saturated rings. The average Bonchev–Trinajstić information content (AvgIpc) is 3.03. The Morgan fingerprint density at radius 1 is 1.52 bits per heavy atom. The molecule has 0 aliphatic carbocycles. The second-order valence-corrected chi connectivity index (χ2v) is 5.63. The number of anilines is 1. The Hall–Kier alpha value is -2.48. The van der Waals surface area contributed by atoms with Gasteiger partial charge in [-0.05, 0) is 18.6 Å². The molecule has 1 amide bonds. The van der Waals surface area contributed by atoms with Crippen LogP contribution in [0.5, 0.6) is 0 Å². The number of fused-ring (bicyclic) bond motifs is 1. The molecule has 3 N–H and O–H groups in total. The van der Waals surface area contributed by atoms with E-state index in [2.05, 4.69) is 20.6 Å². The van der Waals surface area contributed by atoms with Gasteiger partial charge in [0.05, 0.1) is 24.6 Å². The van der Waals surface area contributed by atoms with Crippen LogP contribution in [0.4, 0.5) is 5.69 Å². The summed E-state index contributed by atoms with van der Waals surface area (Å²) < 4.78 is 1.79. The lowest BCUT2D eigenvalue weighted by Gasteiger charge is -2.04. The number of aromatic nitrogens is 4. The number of nitrogens with zero attached hydrogens (tertiary/aromatic N) is 4. The molecule has 0 aliphatic rings. The predicted molar refractivity (Wildman–Crippen MR) is 81.1 cm³/mol. The van der Waals surface area contributed by atoms with Gasteiger partial charge < -0.3 is 11.1 Å². The van der Waals surface area contributed by atoms with Gasteiger partial charge in [0.15, 0.2) is 0 Å². The number of aryl methyl sites for hydroxylation is 1. The number of carbonyl (C=O) groups excluding carboxylic acids is 1. The summed E-state index contributed by atoms with van der Waals surface area (Å²) in [5.74, 6) is -0.195. The van der Waals surface area contributed by atoms with Crippen molar-refractivity contribution in [3.05, 3.63) is 35.1 Å². The van der Waals surface area contributed by atoms with Crippen molar-refractivity contribution >= 4 is 33.1 Å². The SMILES string of the molecule is Cc1cnn(CCNC(=O)c2sc3nnccc3c2N)c1. The highest BCUT2D eigenvalue weighted by Gasteiger charge is 2.16. The molecule has 0 atom stereocenters. The summed E-state index contributed by atoms with van der Waals surface area (Å²) in [5, 5.41) is 15.5. The minimum Gasteiger partial charge on any atom is -0.397 e. The number of hydrogen-bond acceptors (Lipinski definition) is 6. The Labute approximate surface area is 124 Å². The topological polar surface area (TPSA) is 98.7 Å². The van der Waals surface area contributed by atoms with Gasteiger partial charge in [0.25, 0.3) is 5.91 Å². The van der Waals surface area contributed by atoms with Gasteiger partial charge in [-0.1, -0.05) is 0 Å². The number of amides is 1. The molecule has 108 valence electrons. The lowest BCUT2D eigenvalue weighted by Crippen LogP contribution is -2.27. The van der Waals surface area contributed by atoms with Crippen molar-refractivity contribution < 1.29 is 4.79 Å². The van der Waals surface area contributed by atoms with Crippen molar-refractivity contribution in [3.63, 3.8) is 0 Å². The number of nitrogen functional groups attached to an aromatic ring is 1. The number of hydrogen-bond donors (Lipinski definition) is 2. The molecule has 3 rings (SSSR count). The Bertz CT molecular complexity index is 793. The van der Waals surface area contributed by atoms with Gasteiger partial charge in [0, 0.05) is 18.1 Å².